The lowest BCUT2D eigenvalue weighted by Crippen LogP contribution is -1.92. The Hall–Kier alpha value is -1.29. The van der Waals surface area contributed by atoms with Gasteiger partial charge >= 0.3 is 5.97 Å². The molecule has 0 saturated heterocycles. The van der Waals surface area contributed by atoms with E-state index in [1.165, 1.54) is 70.3 Å². The van der Waals surface area contributed by atoms with Crippen molar-refractivity contribution in [1.29, 1.82) is 0 Å². The summed E-state index contributed by atoms with van der Waals surface area (Å²) in [5.41, 5.74) is 0. The van der Waals surface area contributed by atoms with Crippen LogP contribution >= 0.6 is 0 Å². The summed E-state index contributed by atoms with van der Waals surface area (Å²) < 4.78 is 0. The Balaban J connectivity index is 3.38. The van der Waals surface area contributed by atoms with Gasteiger partial charge < -0.3 is 9.99 Å². The van der Waals surface area contributed by atoms with E-state index in [9.17, 15) is 4.79 Å². The third-order valence-electron chi connectivity index (χ3n) is 3.63. The van der Waals surface area contributed by atoms with Crippen LogP contribution in [-0.2, 0) is 9.68 Å². The maximum absolute atomic E-state index is 10.4. The number of unbranched alkanes of at least 4 members (excludes halogenated alkanes) is 11. The zero-order valence-electron chi connectivity index (χ0n) is 13.9. The van der Waals surface area contributed by atoms with Crippen LogP contribution in [0.5, 0.6) is 0 Å². The van der Waals surface area contributed by atoms with Crippen LogP contribution in [0.2, 0.25) is 0 Å². The Kier molecular flexibility index (Phi) is 15.1. The van der Waals surface area contributed by atoms with Crippen molar-refractivity contribution in [2.75, 3.05) is 0 Å². The highest BCUT2D eigenvalue weighted by molar-refractivity contribution is 5.80. The second kappa shape index (κ2) is 16.1. The molecule has 128 valence electrons. The van der Waals surface area contributed by atoms with Gasteiger partial charge in [0.15, 0.2) is 5.76 Å². The van der Waals surface area contributed by atoms with Crippen LogP contribution in [0.1, 0.15) is 84.0 Å². The number of hydrogen-bond acceptors (Lipinski definition) is 3. The first-order valence-corrected chi connectivity index (χ1v) is 8.63. The zero-order valence-corrected chi connectivity index (χ0v) is 13.9. The molecule has 0 rings (SSSR count). The largest absolute Gasteiger partial charge is 0.478 e. The fraction of sp³-hybridized carbons (Fsp3) is 0.722. The van der Waals surface area contributed by atoms with E-state index >= 15 is 0 Å². The highest BCUT2D eigenvalue weighted by atomic mass is 17.1. The first-order chi connectivity index (χ1) is 10.7. The summed E-state index contributed by atoms with van der Waals surface area (Å²) in [6.45, 7) is 2.25. The molecule has 0 bridgehead atoms. The van der Waals surface area contributed by atoms with E-state index in [4.69, 9.17) is 10.4 Å². The van der Waals surface area contributed by atoms with Gasteiger partial charge in [0.25, 0.3) is 0 Å². The molecule has 0 aromatic heterocycles. The highest BCUT2D eigenvalue weighted by Gasteiger charge is 1.97. The molecule has 0 aliphatic heterocycles. The van der Waals surface area contributed by atoms with Crippen molar-refractivity contribution in [3.8, 4) is 0 Å². The predicted octanol–water partition coefficient (Wildman–Crippen LogP) is 5.70. The van der Waals surface area contributed by atoms with Crippen LogP contribution in [0.15, 0.2) is 24.0 Å². The first-order valence-electron chi connectivity index (χ1n) is 8.63. The number of carboxylic acid groups (broad SMARTS) is 1. The number of rotatable bonds is 15. The van der Waals surface area contributed by atoms with E-state index in [2.05, 4.69) is 11.8 Å². The number of carbonyl (C=O) groups is 1. The van der Waals surface area contributed by atoms with Gasteiger partial charge in [-0.05, 0) is 18.9 Å². The summed E-state index contributed by atoms with van der Waals surface area (Å²) in [6, 6.07) is 0. The average Bonchev–Trinajstić information content (AvgIpc) is 2.50. The summed E-state index contributed by atoms with van der Waals surface area (Å²) >= 11 is 0. The van der Waals surface area contributed by atoms with Crippen molar-refractivity contribution in [2.45, 2.75) is 84.0 Å². The number of aliphatic carboxylic acids is 1. The van der Waals surface area contributed by atoms with Gasteiger partial charge in [-0.15, -0.1) is 0 Å². The predicted molar refractivity (Wildman–Crippen MR) is 89.7 cm³/mol. The van der Waals surface area contributed by atoms with Crippen LogP contribution in [0.4, 0.5) is 0 Å². The molecule has 4 nitrogen and oxygen atoms in total. The molecular formula is C18H32O4. The number of carboxylic acids is 1. The van der Waals surface area contributed by atoms with Crippen molar-refractivity contribution in [3.05, 3.63) is 24.0 Å². The van der Waals surface area contributed by atoms with Crippen LogP contribution < -0.4 is 0 Å². The normalized spacial score (nSPS) is 12.0. The molecule has 22 heavy (non-hydrogen) atoms. The maximum atomic E-state index is 10.4. The van der Waals surface area contributed by atoms with E-state index < -0.39 is 5.97 Å². The van der Waals surface area contributed by atoms with Gasteiger partial charge in [0.1, 0.15) is 0 Å². The summed E-state index contributed by atoms with van der Waals surface area (Å²) in [5.74, 6) is -1.18. The molecule has 0 unspecified atom stereocenters. The van der Waals surface area contributed by atoms with E-state index in [0.717, 1.165) is 18.9 Å². The van der Waals surface area contributed by atoms with Gasteiger partial charge in [-0.3, -0.25) is 0 Å². The number of hydrogen-bond donors (Lipinski definition) is 2. The molecule has 4 heteroatoms. The van der Waals surface area contributed by atoms with Crippen molar-refractivity contribution in [1.82, 2.24) is 0 Å². The van der Waals surface area contributed by atoms with Gasteiger partial charge in [0, 0.05) is 0 Å². The summed E-state index contributed by atoms with van der Waals surface area (Å²) in [6.07, 6.45) is 19.4. The highest BCUT2D eigenvalue weighted by Crippen LogP contribution is 2.12. The minimum Gasteiger partial charge on any atom is -0.478 e. The third-order valence-corrected chi connectivity index (χ3v) is 3.63. The fourth-order valence-corrected chi connectivity index (χ4v) is 2.35. The second-order valence-electron chi connectivity index (χ2n) is 5.70. The summed E-state index contributed by atoms with van der Waals surface area (Å²) in [5, 5.41) is 17.0. The molecule has 0 aliphatic carbocycles. The monoisotopic (exact) mass is 312 g/mol. The lowest BCUT2D eigenvalue weighted by atomic mass is 10.1. The fourth-order valence-electron chi connectivity index (χ4n) is 2.35. The van der Waals surface area contributed by atoms with Crippen molar-refractivity contribution in [2.24, 2.45) is 0 Å². The number of allylic oxidation sites excluding steroid dienone is 2. The van der Waals surface area contributed by atoms with Gasteiger partial charge in [0.2, 0.25) is 0 Å². The molecule has 2 N–H and O–H groups in total. The van der Waals surface area contributed by atoms with Crippen molar-refractivity contribution < 1.29 is 20.0 Å². The Morgan fingerprint density at radius 1 is 0.909 bits per heavy atom. The topological polar surface area (TPSA) is 66.8 Å². The Labute approximate surface area is 134 Å². The van der Waals surface area contributed by atoms with Crippen LogP contribution in [0.25, 0.3) is 0 Å². The van der Waals surface area contributed by atoms with E-state index in [1.54, 1.807) is 0 Å². The van der Waals surface area contributed by atoms with Gasteiger partial charge in [0.05, 0.1) is 6.08 Å². The smallest absolute Gasteiger partial charge is 0.332 e. The Bertz CT molecular complexity index is 321. The lowest BCUT2D eigenvalue weighted by molar-refractivity contribution is -0.198. The summed E-state index contributed by atoms with van der Waals surface area (Å²) in [4.78, 5) is 14.4. The Morgan fingerprint density at radius 3 is 1.86 bits per heavy atom. The van der Waals surface area contributed by atoms with E-state index in [1.807, 2.05) is 6.08 Å². The molecule has 0 aliphatic rings. The molecular weight excluding hydrogens is 280 g/mol. The van der Waals surface area contributed by atoms with Crippen LogP contribution in [0, 0.1) is 0 Å². The molecule has 0 aromatic carbocycles. The van der Waals surface area contributed by atoms with Crippen LogP contribution in [0.3, 0.4) is 0 Å². The standard InChI is InChI=1S/C18H32O4/c1-2-3-4-5-6-7-8-9-10-11-12-13-14-15-17(22-21)16-18(19)20/h14-16,21H,2-13H2,1H3,(H,19,20). The second-order valence-corrected chi connectivity index (χ2v) is 5.70. The summed E-state index contributed by atoms with van der Waals surface area (Å²) in [7, 11) is 0. The lowest BCUT2D eigenvalue weighted by Gasteiger charge is -2.01. The molecule has 0 radical (unpaired) electrons. The molecule has 0 spiro atoms. The maximum Gasteiger partial charge on any atom is 0.332 e. The SMILES string of the molecule is CCCCCCCCCCCCCC=CC(=CC(=O)O)OO. The molecule has 0 amide bonds. The molecule has 0 saturated carbocycles. The van der Waals surface area contributed by atoms with E-state index in [0.29, 0.717) is 0 Å². The minimum atomic E-state index is -1.14. The molecule has 0 fully saturated rings. The van der Waals surface area contributed by atoms with Gasteiger partial charge in [-0.25, -0.2) is 10.1 Å². The quantitative estimate of drug-likeness (QED) is 0.102. The molecule has 0 atom stereocenters. The zero-order chi connectivity index (χ0) is 16.5. The van der Waals surface area contributed by atoms with E-state index in [-0.39, 0.29) is 5.76 Å². The van der Waals surface area contributed by atoms with Gasteiger partial charge in [-0.2, -0.15) is 0 Å². The first kappa shape index (κ1) is 20.7. The van der Waals surface area contributed by atoms with Crippen molar-refractivity contribution in [3.63, 3.8) is 0 Å². The molecule has 0 heterocycles. The third kappa shape index (κ3) is 15.1. The van der Waals surface area contributed by atoms with Crippen molar-refractivity contribution >= 4 is 5.97 Å². The Morgan fingerprint density at radius 2 is 1.41 bits per heavy atom. The average molecular weight is 312 g/mol. The minimum absolute atomic E-state index is 0.0458. The molecule has 0 aromatic rings. The van der Waals surface area contributed by atoms with Crippen LogP contribution in [-0.4, -0.2) is 16.3 Å². The van der Waals surface area contributed by atoms with Gasteiger partial charge in [-0.1, -0.05) is 77.2 Å².